The molecule has 0 bridgehead atoms. The summed E-state index contributed by atoms with van der Waals surface area (Å²) < 4.78 is 27.7. The predicted molar refractivity (Wildman–Crippen MR) is 65.2 cm³/mol. The number of nitrogens with zero attached hydrogens (tertiary/aromatic N) is 2. The van der Waals surface area contributed by atoms with Crippen LogP contribution in [0, 0.1) is 0 Å². The highest BCUT2D eigenvalue weighted by Crippen LogP contribution is 2.18. The Morgan fingerprint density at radius 3 is 2.31 bits per heavy atom. The van der Waals surface area contributed by atoms with Crippen LogP contribution in [0.3, 0.4) is 0 Å². The molecule has 2 N–H and O–H groups in total. The zero-order valence-electron chi connectivity index (χ0n) is 10.2. The summed E-state index contributed by atoms with van der Waals surface area (Å²) in [6, 6.07) is -0.00264. The Bertz CT molecular complexity index is 297. The van der Waals surface area contributed by atoms with Crippen molar-refractivity contribution in [1.82, 2.24) is 8.61 Å². The molecule has 0 aromatic rings. The molecule has 1 aliphatic rings. The molecule has 0 spiro atoms. The summed E-state index contributed by atoms with van der Waals surface area (Å²) in [7, 11) is -3.26. The minimum atomic E-state index is -3.26. The lowest BCUT2D eigenvalue weighted by atomic mass is 10.3. The molecule has 0 radical (unpaired) electrons. The van der Waals surface area contributed by atoms with Gasteiger partial charge in [-0.15, -0.1) is 0 Å². The average molecular weight is 249 g/mol. The van der Waals surface area contributed by atoms with E-state index in [-0.39, 0.29) is 6.04 Å². The molecule has 1 rings (SSSR count). The molecule has 16 heavy (non-hydrogen) atoms. The highest BCUT2D eigenvalue weighted by Gasteiger charge is 2.32. The first-order valence-corrected chi connectivity index (χ1v) is 7.37. The highest BCUT2D eigenvalue weighted by molar-refractivity contribution is 7.86. The van der Waals surface area contributed by atoms with E-state index in [0.717, 1.165) is 12.8 Å². The van der Waals surface area contributed by atoms with E-state index in [4.69, 9.17) is 5.73 Å². The Kier molecular flexibility index (Phi) is 5.17. The Labute approximate surface area is 98.8 Å². The van der Waals surface area contributed by atoms with Crippen LogP contribution in [0.4, 0.5) is 0 Å². The third-order valence-electron chi connectivity index (χ3n) is 2.85. The lowest BCUT2D eigenvalue weighted by Crippen LogP contribution is -2.46. The first kappa shape index (κ1) is 13.9. The maximum absolute atomic E-state index is 12.3. The summed E-state index contributed by atoms with van der Waals surface area (Å²) in [5, 5.41) is 0. The number of nitrogens with two attached hydrogens (primary N) is 1. The summed E-state index contributed by atoms with van der Waals surface area (Å²) in [4.78, 5) is 0. The van der Waals surface area contributed by atoms with Gasteiger partial charge in [0.15, 0.2) is 0 Å². The zero-order chi connectivity index (χ0) is 12.2. The van der Waals surface area contributed by atoms with Crippen LogP contribution in [-0.2, 0) is 10.2 Å². The van der Waals surface area contributed by atoms with Crippen molar-refractivity contribution in [3.63, 3.8) is 0 Å². The van der Waals surface area contributed by atoms with Gasteiger partial charge in [-0.2, -0.15) is 17.0 Å². The minimum absolute atomic E-state index is 0.00264. The van der Waals surface area contributed by atoms with Crippen molar-refractivity contribution in [1.29, 1.82) is 0 Å². The van der Waals surface area contributed by atoms with E-state index in [1.807, 2.05) is 13.8 Å². The van der Waals surface area contributed by atoms with Crippen LogP contribution in [0.15, 0.2) is 0 Å². The molecule has 0 unspecified atom stereocenters. The van der Waals surface area contributed by atoms with E-state index in [9.17, 15) is 8.42 Å². The second kappa shape index (κ2) is 5.95. The lowest BCUT2D eigenvalue weighted by molar-refractivity contribution is 0.316. The largest absolute Gasteiger partial charge is 0.330 e. The van der Waals surface area contributed by atoms with Gasteiger partial charge in [0.05, 0.1) is 0 Å². The standard InChI is InChI=1S/C10H23N3O2S/c1-10(2)13(9-5-6-11)16(14,15)12-7-3-4-8-12/h10H,3-9,11H2,1-2H3. The van der Waals surface area contributed by atoms with E-state index >= 15 is 0 Å². The van der Waals surface area contributed by atoms with Crippen LogP contribution in [-0.4, -0.2) is 49.2 Å². The molecule has 0 saturated carbocycles. The molecule has 1 saturated heterocycles. The van der Waals surface area contributed by atoms with E-state index in [1.54, 1.807) is 8.61 Å². The molecule has 1 aliphatic heterocycles. The average Bonchev–Trinajstić information content (AvgIpc) is 2.70. The van der Waals surface area contributed by atoms with Crippen molar-refractivity contribution in [2.24, 2.45) is 5.73 Å². The third-order valence-corrected chi connectivity index (χ3v) is 5.06. The second-order valence-corrected chi connectivity index (χ2v) is 6.34. The minimum Gasteiger partial charge on any atom is -0.330 e. The molecule has 0 amide bonds. The third kappa shape index (κ3) is 3.16. The SMILES string of the molecule is CC(C)N(CCCN)S(=O)(=O)N1CCCC1. The molecule has 0 aromatic carbocycles. The monoisotopic (exact) mass is 249 g/mol. The molecule has 1 heterocycles. The van der Waals surface area contributed by atoms with Gasteiger partial charge in [-0.05, 0) is 39.7 Å². The van der Waals surface area contributed by atoms with Gasteiger partial charge >= 0.3 is 0 Å². The molecule has 96 valence electrons. The molecule has 0 atom stereocenters. The first-order chi connectivity index (χ1) is 7.50. The normalized spacial score (nSPS) is 18.8. The molecule has 1 fully saturated rings. The second-order valence-electron chi connectivity index (χ2n) is 4.46. The Morgan fingerprint density at radius 1 is 1.31 bits per heavy atom. The zero-order valence-corrected chi connectivity index (χ0v) is 11.0. The number of rotatable bonds is 6. The van der Waals surface area contributed by atoms with Gasteiger partial charge in [0, 0.05) is 25.7 Å². The van der Waals surface area contributed by atoms with Crippen LogP contribution in [0.5, 0.6) is 0 Å². The topological polar surface area (TPSA) is 66.6 Å². The van der Waals surface area contributed by atoms with Gasteiger partial charge in [0.25, 0.3) is 10.2 Å². The van der Waals surface area contributed by atoms with E-state index in [2.05, 4.69) is 0 Å². The van der Waals surface area contributed by atoms with Crippen molar-refractivity contribution < 1.29 is 8.42 Å². The molecule has 6 heteroatoms. The molecular weight excluding hydrogens is 226 g/mol. The fraction of sp³-hybridized carbons (Fsp3) is 1.00. The van der Waals surface area contributed by atoms with Gasteiger partial charge in [0.1, 0.15) is 0 Å². The maximum atomic E-state index is 12.3. The van der Waals surface area contributed by atoms with Crippen molar-refractivity contribution in [2.45, 2.75) is 39.2 Å². The Hall–Kier alpha value is -0.170. The van der Waals surface area contributed by atoms with Gasteiger partial charge in [-0.3, -0.25) is 0 Å². The van der Waals surface area contributed by atoms with Crippen molar-refractivity contribution >= 4 is 10.2 Å². The molecule has 0 aliphatic carbocycles. The maximum Gasteiger partial charge on any atom is 0.282 e. The van der Waals surface area contributed by atoms with Crippen LogP contribution < -0.4 is 5.73 Å². The van der Waals surface area contributed by atoms with Gasteiger partial charge in [0.2, 0.25) is 0 Å². The van der Waals surface area contributed by atoms with Crippen LogP contribution in [0.25, 0.3) is 0 Å². The quantitative estimate of drug-likeness (QED) is 0.740. The van der Waals surface area contributed by atoms with Crippen molar-refractivity contribution in [3.05, 3.63) is 0 Å². The number of hydrogen-bond donors (Lipinski definition) is 1. The first-order valence-electron chi connectivity index (χ1n) is 5.97. The molecule has 0 aromatic heterocycles. The van der Waals surface area contributed by atoms with Gasteiger partial charge in [-0.1, -0.05) is 0 Å². The predicted octanol–water partition coefficient (Wildman–Crippen LogP) is 0.386. The Morgan fingerprint density at radius 2 is 1.88 bits per heavy atom. The van der Waals surface area contributed by atoms with E-state index < -0.39 is 10.2 Å². The number of hydrogen-bond acceptors (Lipinski definition) is 3. The van der Waals surface area contributed by atoms with Gasteiger partial charge in [-0.25, -0.2) is 0 Å². The summed E-state index contributed by atoms with van der Waals surface area (Å²) in [6.07, 6.45) is 2.66. The van der Waals surface area contributed by atoms with E-state index in [0.29, 0.717) is 32.6 Å². The summed E-state index contributed by atoms with van der Waals surface area (Å²) in [5.74, 6) is 0. The Balaban J connectivity index is 2.74. The van der Waals surface area contributed by atoms with Gasteiger partial charge < -0.3 is 5.73 Å². The van der Waals surface area contributed by atoms with Crippen molar-refractivity contribution in [2.75, 3.05) is 26.2 Å². The van der Waals surface area contributed by atoms with Crippen LogP contribution in [0.1, 0.15) is 33.1 Å². The molecular formula is C10H23N3O2S. The smallest absolute Gasteiger partial charge is 0.282 e. The fourth-order valence-electron chi connectivity index (χ4n) is 1.95. The summed E-state index contributed by atoms with van der Waals surface area (Å²) >= 11 is 0. The van der Waals surface area contributed by atoms with Crippen LogP contribution >= 0.6 is 0 Å². The fourth-order valence-corrected chi connectivity index (χ4v) is 3.86. The lowest BCUT2D eigenvalue weighted by Gasteiger charge is -2.30. The summed E-state index contributed by atoms with van der Waals surface area (Å²) in [5.41, 5.74) is 5.44. The molecule has 5 nitrogen and oxygen atoms in total. The van der Waals surface area contributed by atoms with E-state index in [1.165, 1.54) is 0 Å². The van der Waals surface area contributed by atoms with Crippen molar-refractivity contribution in [3.8, 4) is 0 Å². The van der Waals surface area contributed by atoms with Crippen LogP contribution in [0.2, 0.25) is 0 Å². The summed E-state index contributed by atoms with van der Waals surface area (Å²) in [6.45, 7) is 6.18. The highest BCUT2D eigenvalue weighted by atomic mass is 32.2.